The number of carbonyl (C=O) groups excluding carboxylic acids is 1. The van der Waals surface area contributed by atoms with Crippen LogP contribution in [-0.2, 0) is 29.1 Å². The van der Waals surface area contributed by atoms with Gasteiger partial charge in [-0.3, -0.25) is 4.79 Å². The lowest BCUT2D eigenvalue weighted by Gasteiger charge is -2.21. The van der Waals surface area contributed by atoms with Crippen LogP contribution in [0.5, 0.6) is 11.5 Å². The summed E-state index contributed by atoms with van der Waals surface area (Å²) in [5.74, 6) is 0.430. The number of nitrogens with zero attached hydrogens (tertiary/aromatic N) is 2. The number of benzene rings is 1. The summed E-state index contributed by atoms with van der Waals surface area (Å²) in [6.07, 6.45) is -1.11. The predicted molar refractivity (Wildman–Crippen MR) is 102 cm³/mol. The first-order chi connectivity index (χ1) is 14.6. The topological polar surface area (TPSA) is 120 Å². The molecule has 0 saturated carbocycles. The molecule has 3 aromatic rings. The van der Waals surface area contributed by atoms with Crippen molar-refractivity contribution in [3.63, 3.8) is 0 Å². The Labute approximate surface area is 169 Å². The molecule has 0 radical (unpaired) electrons. The van der Waals surface area contributed by atoms with Crippen molar-refractivity contribution in [2.45, 2.75) is 25.7 Å². The van der Waals surface area contributed by atoms with Crippen molar-refractivity contribution in [2.75, 3.05) is 13.4 Å². The van der Waals surface area contributed by atoms with Crippen molar-refractivity contribution in [3.05, 3.63) is 50.8 Å². The highest BCUT2D eigenvalue weighted by atomic mass is 16.7. The van der Waals surface area contributed by atoms with Crippen LogP contribution in [0.1, 0.15) is 28.4 Å². The van der Waals surface area contributed by atoms with E-state index in [0.717, 1.165) is 16.5 Å². The van der Waals surface area contributed by atoms with E-state index in [4.69, 9.17) is 19.2 Å². The molecule has 9 heteroatoms. The fraction of sp³-hybridized carbons (Fsp3) is 0.286. The quantitative estimate of drug-likeness (QED) is 0.467. The second-order valence-corrected chi connectivity index (χ2v) is 7.48. The molecule has 6 rings (SSSR count). The summed E-state index contributed by atoms with van der Waals surface area (Å²) in [4.78, 5) is 29.7. The smallest absolute Gasteiger partial charge is 0.340 e. The molecule has 0 spiro atoms. The lowest BCUT2D eigenvalue weighted by atomic mass is 9.97. The number of hydrogen-bond acceptors (Lipinski definition) is 8. The molecule has 1 atom stereocenters. The van der Waals surface area contributed by atoms with Gasteiger partial charge in [0.1, 0.15) is 6.61 Å². The number of aliphatic hydroxyl groups is 2. The Morgan fingerprint density at radius 2 is 1.90 bits per heavy atom. The van der Waals surface area contributed by atoms with Crippen molar-refractivity contribution in [2.24, 2.45) is 0 Å². The van der Waals surface area contributed by atoms with E-state index in [1.165, 1.54) is 0 Å². The van der Waals surface area contributed by atoms with Crippen LogP contribution >= 0.6 is 0 Å². The zero-order chi connectivity index (χ0) is 20.6. The van der Waals surface area contributed by atoms with Crippen molar-refractivity contribution in [1.82, 2.24) is 9.55 Å². The second kappa shape index (κ2) is 6.04. The van der Waals surface area contributed by atoms with Gasteiger partial charge in [-0.2, -0.15) is 0 Å². The maximum atomic E-state index is 13.1. The first-order valence-electron chi connectivity index (χ1n) is 9.54. The zero-order valence-electron chi connectivity index (χ0n) is 15.7. The third-order valence-corrected chi connectivity index (χ3v) is 5.93. The molecule has 0 fully saturated rings. The highest BCUT2D eigenvalue weighted by Crippen LogP contribution is 2.42. The van der Waals surface area contributed by atoms with Crippen molar-refractivity contribution < 1.29 is 29.2 Å². The Hall–Kier alpha value is -3.43. The van der Waals surface area contributed by atoms with E-state index in [9.17, 15) is 19.8 Å². The van der Waals surface area contributed by atoms with E-state index in [0.29, 0.717) is 34.8 Å². The van der Waals surface area contributed by atoms with Gasteiger partial charge in [0.2, 0.25) is 6.79 Å². The van der Waals surface area contributed by atoms with Crippen molar-refractivity contribution >= 4 is 16.9 Å². The number of carbonyl (C=O) groups is 1. The average Bonchev–Trinajstić information content (AvgIpc) is 3.34. The Morgan fingerprint density at radius 3 is 2.70 bits per heavy atom. The van der Waals surface area contributed by atoms with Crippen LogP contribution in [0.25, 0.3) is 22.3 Å². The van der Waals surface area contributed by atoms with Crippen LogP contribution in [0, 0.1) is 0 Å². The molecule has 152 valence electrons. The van der Waals surface area contributed by atoms with Gasteiger partial charge in [0.05, 0.1) is 29.0 Å². The molecule has 0 bridgehead atoms. The summed E-state index contributed by atoms with van der Waals surface area (Å²) in [6.45, 7) is 0.191. The predicted octanol–water partition coefficient (Wildman–Crippen LogP) is 0.779. The summed E-state index contributed by atoms with van der Waals surface area (Å²) < 4.78 is 17.4. The number of aromatic nitrogens is 2. The minimum atomic E-state index is -1.50. The SMILES string of the molecule is O=C1OCc2c(cc3n(c2=O)Cc2c-3nc3cc4c(cc3c2CCO)OCO4)[C@@H]1O. The molecule has 1 aromatic carbocycles. The van der Waals surface area contributed by atoms with Crippen molar-refractivity contribution in [3.8, 4) is 22.9 Å². The molecule has 3 aliphatic heterocycles. The van der Waals surface area contributed by atoms with Crippen LogP contribution in [0.15, 0.2) is 23.0 Å². The maximum Gasteiger partial charge on any atom is 0.340 e. The Morgan fingerprint density at radius 1 is 1.10 bits per heavy atom. The molecular weight excluding hydrogens is 392 g/mol. The Bertz CT molecular complexity index is 1330. The molecule has 30 heavy (non-hydrogen) atoms. The van der Waals surface area contributed by atoms with Crippen LogP contribution in [0.4, 0.5) is 0 Å². The molecule has 5 heterocycles. The summed E-state index contributed by atoms with van der Waals surface area (Å²) in [5, 5.41) is 20.8. The van der Waals surface area contributed by atoms with Gasteiger partial charge in [-0.25, -0.2) is 9.78 Å². The molecule has 3 aliphatic rings. The zero-order valence-corrected chi connectivity index (χ0v) is 15.7. The van der Waals surface area contributed by atoms with Crippen LogP contribution in [-0.4, -0.2) is 39.1 Å². The number of cyclic esters (lactones) is 1. The van der Waals surface area contributed by atoms with Gasteiger partial charge in [0.15, 0.2) is 17.6 Å². The van der Waals surface area contributed by atoms with E-state index >= 15 is 0 Å². The maximum absolute atomic E-state index is 13.1. The van der Waals surface area contributed by atoms with Crippen LogP contribution < -0.4 is 15.0 Å². The Balaban J connectivity index is 1.64. The molecule has 0 aliphatic carbocycles. The number of hydrogen-bond donors (Lipinski definition) is 2. The van der Waals surface area contributed by atoms with E-state index in [-0.39, 0.29) is 43.2 Å². The van der Waals surface area contributed by atoms with Crippen LogP contribution in [0.2, 0.25) is 0 Å². The number of pyridine rings is 2. The average molecular weight is 408 g/mol. The van der Waals surface area contributed by atoms with Gasteiger partial charge in [0, 0.05) is 29.2 Å². The largest absolute Gasteiger partial charge is 0.458 e. The molecule has 0 unspecified atom stereocenters. The van der Waals surface area contributed by atoms with E-state index < -0.39 is 12.1 Å². The number of fused-ring (bicyclic) bond motifs is 6. The highest BCUT2D eigenvalue weighted by molar-refractivity contribution is 5.91. The van der Waals surface area contributed by atoms with Gasteiger partial charge in [-0.05, 0) is 24.1 Å². The van der Waals surface area contributed by atoms with E-state index in [1.807, 2.05) is 6.07 Å². The third-order valence-electron chi connectivity index (χ3n) is 5.93. The van der Waals surface area contributed by atoms with Gasteiger partial charge in [-0.1, -0.05) is 0 Å². The van der Waals surface area contributed by atoms with Gasteiger partial charge in [0.25, 0.3) is 5.56 Å². The lowest BCUT2D eigenvalue weighted by Crippen LogP contribution is -2.32. The first-order valence-corrected chi connectivity index (χ1v) is 9.54. The standard InChI is InChI=1S/C21H16N2O7/c24-2-1-9-10-4-16-17(30-8-29-16)5-14(10)22-18-12(9)6-23-15(18)3-11-13(20(23)26)7-28-21(27)19(11)25/h3-5,19,24-25H,1-2,6-8H2/t19-/m0/s1. The fourth-order valence-electron chi connectivity index (χ4n) is 4.50. The Kier molecular flexibility index (Phi) is 3.51. The van der Waals surface area contributed by atoms with Gasteiger partial charge < -0.3 is 29.0 Å². The van der Waals surface area contributed by atoms with E-state index in [2.05, 4.69) is 0 Å². The normalized spacial score (nSPS) is 18.2. The van der Waals surface area contributed by atoms with Gasteiger partial charge in [-0.15, -0.1) is 0 Å². The lowest BCUT2D eigenvalue weighted by molar-refractivity contribution is -0.157. The molecule has 9 nitrogen and oxygen atoms in total. The third kappa shape index (κ3) is 2.21. The molecule has 0 saturated heterocycles. The van der Waals surface area contributed by atoms with Crippen molar-refractivity contribution in [1.29, 1.82) is 0 Å². The summed E-state index contributed by atoms with van der Waals surface area (Å²) in [6, 6.07) is 5.27. The fourth-order valence-corrected chi connectivity index (χ4v) is 4.50. The summed E-state index contributed by atoms with van der Waals surface area (Å²) in [7, 11) is 0. The molecular formula is C21H16N2O7. The molecule has 0 amide bonds. The summed E-state index contributed by atoms with van der Waals surface area (Å²) >= 11 is 0. The van der Waals surface area contributed by atoms with E-state index in [1.54, 1.807) is 16.7 Å². The monoisotopic (exact) mass is 408 g/mol. The number of aliphatic hydroxyl groups excluding tert-OH is 2. The second-order valence-electron chi connectivity index (χ2n) is 7.48. The minimum absolute atomic E-state index is 0.0667. The number of rotatable bonds is 2. The highest BCUT2D eigenvalue weighted by Gasteiger charge is 2.34. The number of ether oxygens (including phenoxy) is 3. The molecule has 2 N–H and O–H groups in total. The number of esters is 1. The minimum Gasteiger partial charge on any atom is -0.458 e. The van der Waals surface area contributed by atoms with Gasteiger partial charge >= 0.3 is 5.97 Å². The molecule has 2 aromatic heterocycles. The van der Waals surface area contributed by atoms with Crippen LogP contribution in [0.3, 0.4) is 0 Å². The first kappa shape index (κ1) is 17.4. The summed E-state index contributed by atoms with van der Waals surface area (Å²) in [5.41, 5.74) is 3.69.